The van der Waals surface area contributed by atoms with Crippen LogP contribution >= 0.6 is 0 Å². The van der Waals surface area contributed by atoms with E-state index < -0.39 is 10.9 Å². The third kappa shape index (κ3) is 3.72. The lowest BCUT2D eigenvalue weighted by Crippen LogP contribution is -2.23. The Morgan fingerprint density at radius 3 is 2.83 bits per heavy atom. The molecule has 0 fully saturated rings. The van der Waals surface area contributed by atoms with Crippen molar-refractivity contribution in [1.82, 2.24) is 9.78 Å². The number of aryl methyl sites for hydroxylation is 1. The Hall–Kier alpha value is -3.79. The van der Waals surface area contributed by atoms with Gasteiger partial charge < -0.3 is 14.2 Å². The van der Waals surface area contributed by atoms with E-state index in [4.69, 9.17) is 14.2 Å². The zero-order valence-corrected chi connectivity index (χ0v) is 16.0. The fourth-order valence-corrected chi connectivity index (χ4v) is 3.35. The molecular weight excluding hydrogens is 394 g/mol. The summed E-state index contributed by atoms with van der Waals surface area (Å²) in [4.78, 5) is 35.3. The van der Waals surface area contributed by atoms with E-state index >= 15 is 0 Å². The van der Waals surface area contributed by atoms with E-state index in [1.807, 2.05) is 0 Å². The van der Waals surface area contributed by atoms with Gasteiger partial charge in [0.05, 0.1) is 29.0 Å². The van der Waals surface area contributed by atoms with Crippen molar-refractivity contribution in [2.75, 3.05) is 6.79 Å². The van der Waals surface area contributed by atoms with Crippen LogP contribution in [0.1, 0.15) is 16.8 Å². The number of hydrogen-bond donors (Lipinski definition) is 0. The van der Waals surface area contributed by atoms with Crippen LogP contribution in [0.25, 0.3) is 10.8 Å². The van der Waals surface area contributed by atoms with Crippen molar-refractivity contribution >= 4 is 22.4 Å². The van der Waals surface area contributed by atoms with Gasteiger partial charge in [0.25, 0.3) is 11.2 Å². The molecule has 2 aromatic carbocycles. The van der Waals surface area contributed by atoms with Crippen molar-refractivity contribution in [2.24, 2.45) is 7.05 Å². The van der Waals surface area contributed by atoms with Gasteiger partial charge in [-0.15, -0.1) is 0 Å². The first kappa shape index (κ1) is 19.5. The van der Waals surface area contributed by atoms with E-state index in [0.717, 1.165) is 0 Å². The summed E-state index contributed by atoms with van der Waals surface area (Å²) >= 11 is 0. The van der Waals surface area contributed by atoms with Crippen LogP contribution in [0.4, 0.5) is 5.69 Å². The van der Waals surface area contributed by atoms with Crippen LogP contribution in [0.3, 0.4) is 0 Å². The molecule has 0 atom stereocenters. The highest BCUT2D eigenvalue weighted by atomic mass is 16.7. The third-order valence-electron chi connectivity index (χ3n) is 4.72. The molecule has 10 nitrogen and oxygen atoms in total. The van der Waals surface area contributed by atoms with E-state index in [1.54, 1.807) is 24.3 Å². The number of nitro groups is 1. The number of esters is 1. The number of non-ortho nitro benzene ring substituents is 1. The van der Waals surface area contributed by atoms with Crippen molar-refractivity contribution in [3.05, 3.63) is 73.7 Å². The second kappa shape index (κ2) is 7.91. The molecule has 0 unspecified atom stereocenters. The fraction of sp³-hybridized carbons (Fsp3) is 0.250. The number of nitrogens with zero attached hydrogens (tertiary/aromatic N) is 3. The summed E-state index contributed by atoms with van der Waals surface area (Å²) in [6, 6.07) is 9.58. The van der Waals surface area contributed by atoms with E-state index in [1.165, 1.54) is 23.9 Å². The average molecular weight is 411 g/mol. The smallest absolute Gasteiger partial charge is 0.312 e. The SMILES string of the molecule is Cn1nc(CC(=O)OCc2cc([N+](=O)[O-])cc3c2OCOC3)c2ccccc2c1=O. The Balaban J connectivity index is 1.56. The number of ether oxygens (including phenoxy) is 3. The second-order valence-electron chi connectivity index (χ2n) is 6.72. The predicted octanol–water partition coefficient (Wildman–Crippen LogP) is 1.99. The standard InChI is InChI=1S/C20H17N3O7/c1-22-20(25)16-5-3-2-4-15(16)17(21-22)8-18(24)29-10-13-7-14(23(26)27)6-12-9-28-11-30-19(12)13/h2-7H,8-11H2,1H3. The van der Waals surface area contributed by atoms with Crippen molar-refractivity contribution < 1.29 is 23.9 Å². The van der Waals surface area contributed by atoms with Crippen LogP contribution < -0.4 is 10.3 Å². The molecule has 0 spiro atoms. The highest BCUT2D eigenvalue weighted by Gasteiger charge is 2.22. The Kier molecular flexibility index (Phi) is 5.15. The highest BCUT2D eigenvalue weighted by molar-refractivity contribution is 5.86. The number of hydrogen-bond acceptors (Lipinski definition) is 8. The molecule has 0 N–H and O–H groups in total. The first-order valence-electron chi connectivity index (χ1n) is 9.05. The van der Waals surface area contributed by atoms with Crippen LogP contribution in [0, 0.1) is 10.1 Å². The second-order valence-corrected chi connectivity index (χ2v) is 6.72. The quantitative estimate of drug-likeness (QED) is 0.355. The zero-order chi connectivity index (χ0) is 21.3. The summed E-state index contributed by atoms with van der Waals surface area (Å²) in [5.41, 5.74) is 0.912. The average Bonchev–Trinajstić information content (AvgIpc) is 2.75. The van der Waals surface area contributed by atoms with Crippen molar-refractivity contribution in [2.45, 2.75) is 19.6 Å². The molecule has 30 heavy (non-hydrogen) atoms. The maximum absolute atomic E-state index is 12.5. The fourth-order valence-electron chi connectivity index (χ4n) is 3.35. The van der Waals surface area contributed by atoms with Crippen LogP contribution in [-0.2, 0) is 41.0 Å². The molecule has 1 aliphatic heterocycles. The first-order chi connectivity index (χ1) is 14.4. The van der Waals surface area contributed by atoms with E-state index in [9.17, 15) is 19.7 Å². The molecular formula is C20H17N3O7. The summed E-state index contributed by atoms with van der Waals surface area (Å²) < 4.78 is 17.1. The van der Waals surface area contributed by atoms with Gasteiger partial charge in [-0.05, 0) is 6.07 Å². The minimum absolute atomic E-state index is 0.0136. The summed E-state index contributed by atoms with van der Waals surface area (Å²) in [5.74, 6) is -0.163. The Bertz CT molecular complexity index is 1220. The minimum Gasteiger partial charge on any atom is -0.467 e. The topological polar surface area (TPSA) is 123 Å². The van der Waals surface area contributed by atoms with Gasteiger partial charge in [0, 0.05) is 35.7 Å². The van der Waals surface area contributed by atoms with E-state index in [0.29, 0.717) is 33.3 Å². The minimum atomic E-state index is -0.585. The van der Waals surface area contributed by atoms with E-state index in [2.05, 4.69) is 5.10 Å². The number of rotatable bonds is 5. The largest absolute Gasteiger partial charge is 0.467 e. The van der Waals surface area contributed by atoms with Gasteiger partial charge in [-0.2, -0.15) is 5.10 Å². The first-order valence-corrected chi connectivity index (χ1v) is 9.05. The van der Waals surface area contributed by atoms with Crippen LogP contribution in [0.2, 0.25) is 0 Å². The lowest BCUT2D eigenvalue weighted by molar-refractivity contribution is -0.385. The molecule has 3 aromatic rings. The Labute approximate surface area is 169 Å². The van der Waals surface area contributed by atoms with Gasteiger partial charge in [0.15, 0.2) is 6.79 Å². The molecule has 0 radical (unpaired) electrons. The van der Waals surface area contributed by atoms with Gasteiger partial charge in [-0.25, -0.2) is 4.68 Å². The molecule has 1 aliphatic rings. The molecule has 10 heteroatoms. The van der Waals surface area contributed by atoms with Crippen LogP contribution in [-0.4, -0.2) is 27.5 Å². The van der Waals surface area contributed by atoms with Gasteiger partial charge in [0.2, 0.25) is 0 Å². The summed E-state index contributed by atoms with van der Waals surface area (Å²) in [6.45, 7) is -0.0157. The summed E-state index contributed by atoms with van der Waals surface area (Å²) in [7, 11) is 1.51. The zero-order valence-electron chi connectivity index (χ0n) is 16.0. The van der Waals surface area contributed by atoms with Crippen molar-refractivity contribution in [1.29, 1.82) is 0 Å². The van der Waals surface area contributed by atoms with Crippen molar-refractivity contribution in [3.63, 3.8) is 0 Å². The maximum atomic E-state index is 12.5. The predicted molar refractivity (Wildman–Crippen MR) is 104 cm³/mol. The van der Waals surface area contributed by atoms with Gasteiger partial charge in [0.1, 0.15) is 12.4 Å². The molecule has 4 rings (SSSR count). The van der Waals surface area contributed by atoms with Crippen LogP contribution in [0.5, 0.6) is 5.75 Å². The molecule has 2 heterocycles. The monoisotopic (exact) mass is 411 g/mol. The molecule has 154 valence electrons. The number of benzene rings is 2. The molecule has 0 bridgehead atoms. The Morgan fingerprint density at radius 1 is 1.30 bits per heavy atom. The highest BCUT2D eigenvalue weighted by Crippen LogP contribution is 2.33. The van der Waals surface area contributed by atoms with Crippen LogP contribution in [0.15, 0.2) is 41.2 Å². The van der Waals surface area contributed by atoms with E-state index in [-0.39, 0.29) is 37.7 Å². The lowest BCUT2D eigenvalue weighted by atomic mass is 10.1. The molecule has 0 amide bonds. The molecule has 0 aliphatic carbocycles. The Morgan fingerprint density at radius 2 is 2.07 bits per heavy atom. The molecule has 1 aromatic heterocycles. The number of fused-ring (bicyclic) bond motifs is 2. The van der Waals surface area contributed by atoms with Gasteiger partial charge in [-0.3, -0.25) is 19.7 Å². The normalized spacial score (nSPS) is 12.8. The van der Waals surface area contributed by atoms with Crippen molar-refractivity contribution in [3.8, 4) is 5.75 Å². The maximum Gasteiger partial charge on any atom is 0.312 e. The number of nitro benzene ring substituents is 1. The summed E-state index contributed by atoms with van der Waals surface area (Å²) in [6.07, 6.45) is -0.157. The number of carbonyl (C=O) groups excluding carboxylic acids is 1. The number of aromatic nitrogens is 2. The molecule has 0 saturated heterocycles. The van der Waals surface area contributed by atoms with Gasteiger partial charge in [-0.1, -0.05) is 18.2 Å². The molecule has 0 saturated carbocycles. The third-order valence-corrected chi connectivity index (χ3v) is 4.72. The number of carbonyl (C=O) groups is 1. The lowest BCUT2D eigenvalue weighted by Gasteiger charge is -2.20. The summed E-state index contributed by atoms with van der Waals surface area (Å²) in [5, 5.41) is 16.4. The van der Waals surface area contributed by atoms with Gasteiger partial charge >= 0.3 is 5.97 Å².